The Labute approximate surface area is 140 Å². The summed E-state index contributed by atoms with van der Waals surface area (Å²) in [4.78, 5) is 29.8. The van der Waals surface area contributed by atoms with Crippen molar-refractivity contribution in [3.8, 4) is 0 Å². The van der Waals surface area contributed by atoms with Gasteiger partial charge in [0, 0.05) is 6.20 Å². The van der Waals surface area contributed by atoms with Gasteiger partial charge in [0.2, 0.25) is 11.8 Å². The molecule has 0 fully saturated rings. The van der Waals surface area contributed by atoms with Crippen LogP contribution in [0.1, 0.15) is 17.0 Å². The van der Waals surface area contributed by atoms with Crippen molar-refractivity contribution in [1.29, 1.82) is 0 Å². The Morgan fingerprint density at radius 1 is 1.17 bits per heavy atom. The Kier molecular flexibility index (Phi) is 5.64. The zero-order valence-electron chi connectivity index (χ0n) is 14.3. The minimum absolute atomic E-state index is 0.0897. The molecule has 0 saturated carbocycles. The Morgan fingerprint density at radius 3 is 2.42 bits per heavy atom. The van der Waals surface area contributed by atoms with Crippen LogP contribution in [0.3, 0.4) is 0 Å². The fourth-order valence-electron chi connectivity index (χ4n) is 2.25. The summed E-state index contributed by atoms with van der Waals surface area (Å²) in [6, 6.07) is 3.64. The van der Waals surface area contributed by atoms with Crippen molar-refractivity contribution in [2.75, 3.05) is 30.8 Å². The second-order valence-corrected chi connectivity index (χ2v) is 5.80. The average molecular weight is 330 g/mol. The number of carbonyl (C=O) groups excluding carboxylic acids is 2. The van der Waals surface area contributed by atoms with Gasteiger partial charge in [-0.2, -0.15) is 5.10 Å². The summed E-state index contributed by atoms with van der Waals surface area (Å²) in [5.41, 5.74) is 3.22. The molecule has 0 spiro atoms. The minimum Gasteiger partial charge on any atom is -0.322 e. The molecule has 0 aliphatic heterocycles. The first-order valence-electron chi connectivity index (χ1n) is 7.57. The number of aryl methyl sites for hydroxylation is 3. The van der Waals surface area contributed by atoms with Crippen molar-refractivity contribution in [2.24, 2.45) is 0 Å². The molecular formula is C16H22N6O2. The van der Waals surface area contributed by atoms with E-state index in [0.717, 1.165) is 17.0 Å². The molecule has 24 heavy (non-hydrogen) atoms. The molecule has 0 bridgehead atoms. The third kappa shape index (κ3) is 4.88. The second-order valence-electron chi connectivity index (χ2n) is 5.80. The number of H-pyrrole nitrogens is 1. The second kappa shape index (κ2) is 7.69. The van der Waals surface area contributed by atoms with Gasteiger partial charge in [-0.3, -0.25) is 19.6 Å². The van der Waals surface area contributed by atoms with Crippen LogP contribution in [0.4, 0.5) is 11.5 Å². The normalized spacial score (nSPS) is 10.7. The first kappa shape index (κ1) is 17.6. The number of carbonyl (C=O) groups is 2. The molecule has 2 heterocycles. The maximum Gasteiger partial charge on any atom is 0.239 e. The van der Waals surface area contributed by atoms with Crippen LogP contribution in [0, 0.1) is 20.8 Å². The minimum atomic E-state index is -0.223. The predicted molar refractivity (Wildman–Crippen MR) is 91.8 cm³/mol. The van der Waals surface area contributed by atoms with Crippen LogP contribution in [0.25, 0.3) is 0 Å². The van der Waals surface area contributed by atoms with Crippen LogP contribution in [0.2, 0.25) is 0 Å². The average Bonchev–Trinajstić information content (AvgIpc) is 2.78. The van der Waals surface area contributed by atoms with Crippen molar-refractivity contribution in [2.45, 2.75) is 20.8 Å². The number of pyridine rings is 1. The van der Waals surface area contributed by atoms with Crippen LogP contribution in [-0.4, -0.2) is 52.0 Å². The van der Waals surface area contributed by atoms with Crippen molar-refractivity contribution in [3.05, 3.63) is 35.3 Å². The van der Waals surface area contributed by atoms with Crippen molar-refractivity contribution in [1.82, 2.24) is 20.1 Å². The Morgan fingerprint density at radius 2 is 1.83 bits per heavy atom. The molecule has 0 radical (unpaired) electrons. The van der Waals surface area contributed by atoms with Crippen LogP contribution in [-0.2, 0) is 9.59 Å². The predicted octanol–water partition coefficient (Wildman–Crippen LogP) is 1.24. The van der Waals surface area contributed by atoms with Gasteiger partial charge in [0.15, 0.2) is 0 Å². The molecule has 0 unspecified atom stereocenters. The maximum atomic E-state index is 12.1. The van der Waals surface area contributed by atoms with Gasteiger partial charge in [-0.1, -0.05) is 0 Å². The van der Waals surface area contributed by atoms with Gasteiger partial charge in [0.05, 0.1) is 30.2 Å². The first-order chi connectivity index (χ1) is 11.3. The topological polar surface area (TPSA) is 103 Å². The molecule has 2 amide bonds. The molecule has 2 rings (SSSR count). The summed E-state index contributed by atoms with van der Waals surface area (Å²) in [7, 11) is 1.71. The van der Waals surface area contributed by atoms with Crippen LogP contribution >= 0.6 is 0 Å². The van der Waals surface area contributed by atoms with E-state index in [-0.39, 0.29) is 24.9 Å². The molecule has 0 aliphatic carbocycles. The lowest BCUT2D eigenvalue weighted by Crippen LogP contribution is -2.36. The van der Waals surface area contributed by atoms with E-state index in [1.165, 1.54) is 0 Å². The van der Waals surface area contributed by atoms with Crippen LogP contribution in [0.5, 0.6) is 0 Å². The largest absolute Gasteiger partial charge is 0.322 e. The lowest BCUT2D eigenvalue weighted by Gasteiger charge is -2.16. The summed E-state index contributed by atoms with van der Waals surface area (Å²) < 4.78 is 0. The Balaban J connectivity index is 1.83. The fourth-order valence-corrected chi connectivity index (χ4v) is 2.25. The molecule has 8 nitrogen and oxygen atoms in total. The van der Waals surface area contributed by atoms with Gasteiger partial charge in [-0.15, -0.1) is 0 Å². The van der Waals surface area contributed by atoms with Gasteiger partial charge >= 0.3 is 0 Å². The number of hydrogen-bond donors (Lipinski definition) is 3. The van der Waals surface area contributed by atoms with Gasteiger partial charge in [0.1, 0.15) is 5.82 Å². The summed E-state index contributed by atoms with van der Waals surface area (Å²) >= 11 is 0. The summed E-state index contributed by atoms with van der Waals surface area (Å²) in [6.45, 7) is 5.76. The number of aromatic amines is 1. The highest BCUT2D eigenvalue weighted by atomic mass is 16.2. The number of anilines is 2. The van der Waals surface area contributed by atoms with Crippen molar-refractivity contribution < 1.29 is 9.59 Å². The SMILES string of the molecule is Cc1ccnc(NC(=O)CN(C)CC(=O)Nc2c(C)n[nH]c2C)c1. The standard InChI is InChI=1S/C16H22N6O2/c1-10-5-6-17-13(7-10)18-14(23)8-22(4)9-15(24)19-16-11(2)20-21-12(16)3/h5-7H,8-9H2,1-4H3,(H,19,24)(H,20,21)(H,17,18,23). The lowest BCUT2D eigenvalue weighted by atomic mass is 10.3. The van der Waals surface area contributed by atoms with Gasteiger partial charge in [-0.25, -0.2) is 4.98 Å². The highest BCUT2D eigenvalue weighted by molar-refractivity contribution is 5.94. The molecule has 2 aromatic rings. The molecule has 2 aromatic heterocycles. The van der Waals surface area contributed by atoms with Crippen molar-refractivity contribution >= 4 is 23.3 Å². The summed E-state index contributed by atoms with van der Waals surface area (Å²) in [5.74, 6) is 0.0770. The molecule has 0 aromatic carbocycles. The highest BCUT2D eigenvalue weighted by Crippen LogP contribution is 2.15. The van der Waals surface area contributed by atoms with Crippen LogP contribution < -0.4 is 10.6 Å². The third-order valence-corrected chi connectivity index (χ3v) is 3.40. The van der Waals surface area contributed by atoms with E-state index in [4.69, 9.17) is 0 Å². The zero-order valence-corrected chi connectivity index (χ0v) is 14.3. The molecular weight excluding hydrogens is 308 g/mol. The van der Waals surface area contributed by atoms with E-state index >= 15 is 0 Å². The molecule has 8 heteroatoms. The molecule has 3 N–H and O–H groups in total. The van der Waals surface area contributed by atoms with E-state index in [0.29, 0.717) is 11.5 Å². The van der Waals surface area contributed by atoms with Crippen molar-refractivity contribution in [3.63, 3.8) is 0 Å². The quantitative estimate of drug-likeness (QED) is 0.739. The molecule has 0 aliphatic rings. The molecule has 0 atom stereocenters. The highest BCUT2D eigenvalue weighted by Gasteiger charge is 2.14. The van der Waals surface area contributed by atoms with E-state index in [1.807, 2.05) is 26.8 Å². The molecule has 128 valence electrons. The third-order valence-electron chi connectivity index (χ3n) is 3.40. The number of hydrogen-bond acceptors (Lipinski definition) is 5. The number of amides is 2. The Hall–Kier alpha value is -2.74. The number of nitrogens with zero attached hydrogens (tertiary/aromatic N) is 3. The maximum absolute atomic E-state index is 12.1. The van der Waals surface area contributed by atoms with Crippen LogP contribution in [0.15, 0.2) is 18.3 Å². The smallest absolute Gasteiger partial charge is 0.239 e. The summed E-state index contributed by atoms with van der Waals surface area (Å²) in [5, 5.41) is 12.4. The van der Waals surface area contributed by atoms with E-state index in [1.54, 1.807) is 24.2 Å². The van der Waals surface area contributed by atoms with Gasteiger partial charge in [-0.05, 0) is 45.5 Å². The number of rotatable bonds is 6. The van der Waals surface area contributed by atoms with Gasteiger partial charge in [0.25, 0.3) is 0 Å². The number of aromatic nitrogens is 3. The molecule has 0 saturated heterocycles. The fraction of sp³-hybridized carbons (Fsp3) is 0.375. The zero-order chi connectivity index (χ0) is 17.7. The summed E-state index contributed by atoms with van der Waals surface area (Å²) in [6.07, 6.45) is 1.64. The number of likely N-dealkylation sites (N-methyl/N-ethyl adjacent to an activating group) is 1. The van der Waals surface area contributed by atoms with Gasteiger partial charge < -0.3 is 10.6 Å². The Bertz CT molecular complexity index is 720. The lowest BCUT2D eigenvalue weighted by molar-refractivity contribution is -0.119. The van der Waals surface area contributed by atoms with E-state index < -0.39 is 0 Å². The first-order valence-corrected chi connectivity index (χ1v) is 7.57. The monoisotopic (exact) mass is 330 g/mol. The van der Waals surface area contributed by atoms with E-state index in [9.17, 15) is 9.59 Å². The van der Waals surface area contributed by atoms with E-state index in [2.05, 4.69) is 25.8 Å². The number of nitrogens with one attached hydrogen (secondary N) is 3.